The second-order valence-electron chi connectivity index (χ2n) is 1.94. The molecular formula is C7H10N2. The van der Waals surface area contributed by atoms with Gasteiger partial charge in [-0.05, 0) is 13.8 Å². The summed E-state index contributed by atoms with van der Waals surface area (Å²) in [6, 6.07) is 0. The Hall–Kier alpha value is -1.05. The molecule has 0 fully saturated rings. The summed E-state index contributed by atoms with van der Waals surface area (Å²) < 4.78 is 1.93. The van der Waals surface area contributed by atoms with E-state index in [1.165, 1.54) is 0 Å². The summed E-state index contributed by atoms with van der Waals surface area (Å²) in [5.74, 6) is 0. The molecule has 0 aliphatic heterocycles. The van der Waals surface area contributed by atoms with Crippen LogP contribution >= 0.6 is 0 Å². The van der Waals surface area contributed by atoms with Gasteiger partial charge >= 0.3 is 0 Å². The molecule has 0 saturated heterocycles. The SMILES string of the molecule is C/C=C\n1cnc(C)c1. The number of aryl methyl sites for hydroxylation is 1. The summed E-state index contributed by atoms with van der Waals surface area (Å²) in [6.07, 6.45) is 7.69. The molecule has 0 aliphatic rings. The van der Waals surface area contributed by atoms with Crippen molar-refractivity contribution in [2.75, 3.05) is 0 Å². The third kappa shape index (κ3) is 1.42. The molecule has 0 atom stereocenters. The van der Waals surface area contributed by atoms with E-state index in [0.29, 0.717) is 0 Å². The van der Waals surface area contributed by atoms with Gasteiger partial charge in [0.25, 0.3) is 0 Å². The molecule has 0 saturated carbocycles. The van der Waals surface area contributed by atoms with Gasteiger partial charge in [-0.2, -0.15) is 0 Å². The number of imidazole rings is 1. The average molecular weight is 122 g/mol. The fourth-order valence-electron chi connectivity index (χ4n) is 0.694. The molecule has 48 valence electrons. The maximum Gasteiger partial charge on any atom is 0.0990 e. The molecular weight excluding hydrogens is 112 g/mol. The molecule has 1 rings (SSSR count). The molecule has 1 heterocycles. The van der Waals surface area contributed by atoms with Crippen molar-refractivity contribution in [2.24, 2.45) is 0 Å². The molecule has 0 N–H and O–H groups in total. The van der Waals surface area contributed by atoms with Gasteiger partial charge in [-0.3, -0.25) is 0 Å². The van der Waals surface area contributed by atoms with Crippen LogP contribution in [-0.2, 0) is 0 Å². The van der Waals surface area contributed by atoms with Gasteiger partial charge in [0.05, 0.1) is 12.0 Å². The van der Waals surface area contributed by atoms with Crippen LogP contribution in [0.2, 0.25) is 0 Å². The molecule has 0 aliphatic carbocycles. The highest BCUT2D eigenvalue weighted by Gasteiger charge is 1.84. The lowest BCUT2D eigenvalue weighted by atomic mass is 10.6. The summed E-state index contributed by atoms with van der Waals surface area (Å²) in [7, 11) is 0. The van der Waals surface area contributed by atoms with Gasteiger partial charge in [0.2, 0.25) is 0 Å². The van der Waals surface area contributed by atoms with Crippen molar-refractivity contribution in [3.05, 3.63) is 24.3 Å². The monoisotopic (exact) mass is 122 g/mol. The van der Waals surface area contributed by atoms with Crippen LogP contribution in [0.15, 0.2) is 18.6 Å². The van der Waals surface area contributed by atoms with Crippen molar-refractivity contribution in [3.8, 4) is 0 Å². The molecule has 2 nitrogen and oxygen atoms in total. The molecule has 0 radical (unpaired) electrons. The van der Waals surface area contributed by atoms with Crippen LogP contribution in [-0.4, -0.2) is 9.55 Å². The van der Waals surface area contributed by atoms with Crippen LogP contribution in [0.1, 0.15) is 12.6 Å². The normalized spacial score (nSPS) is 10.9. The number of hydrogen-bond donors (Lipinski definition) is 0. The number of aromatic nitrogens is 2. The number of allylic oxidation sites excluding steroid dienone is 1. The van der Waals surface area contributed by atoms with Gasteiger partial charge < -0.3 is 4.57 Å². The molecule has 0 spiro atoms. The first-order chi connectivity index (χ1) is 4.33. The van der Waals surface area contributed by atoms with E-state index in [-0.39, 0.29) is 0 Å². The minimum absolute atomic E-state index is 1.05. The molecule has 2 heteroatoms. The predicted octanol–water partition coefficient (Wildman–Crippen LogP) is 1.68. The molecule has 0 unspecified atom stereocenters. The Morgan fingerprint density at radius 3 is 2.89 bits per heavy atom. The lowest BCUT2D eigenvalue weighted by Crippen LogP contribution is -1.75. The highest BCUT2D eigenvalue weighted by molar-refractivity contribution is 5.21. The number of nitrogens with zero attached hydrogens (tertiary/aromatic N) is 2. The molecule has 1 aromatic heterocycles. The Kier molecular flexibility index (Phi) is 1.68. The van der Waals surface area contributed by atoms with Crippen LogP contribution in [0, 0.1) is 6.92 Å². The first-order valence-corrected chi connectivity index (χ1v) is 2.96. The molecule has 0 aromatic carbocycles. The van der Waals surface area contributed by atoms with Gasteiger partial charge in [0.15, 0.2) is 0 Å². The summed E-state index contributed by atoms with van der Waals surface area (Å²) >= 11 is 0. The predicted molar refractivity (Wildman–Crippen MR) is 38.0 cm³/mol. The standard InChI is InChI=1S/C7H10N2/c1-3-4-9-5-7(2)8-6-9/h3-6H,1-2H3/b4-3-. The van der Waals surface area contributed by atoms with Crippen LogP contribution in [0.4, 0.5) is 0 Å². The second-order valence-corrected chi connectivity index (χ2v) is 1.94. The third-order valence-corrected chi connectivity index (χ3v) is 1.05. The van der Waals surface area contributed by atoms with Gasteiger partial charge in [0.1, 0.15) is 0 Å². The molecule has 9 heavy (non-hydrogen) atoms. The van der Waals surface area contributed by atoms with Crippen molar-refractivity contribution < 1.29 is 0 Å². The topological polar surface area (TPSA) is 17.8 Å². The molecule has 1 aromatic rings. The number of hydrogen-bond acceptors (Lipinski definition) is 1. The van der Waals surface area contributed by atoms with Crippen LogP contribution < -0.4 is 0 Å². The van der Waals surface area contributed by atoms with Crippen molar-refractivity contribution in [3.63, 3.8) is 0 Å². The maximum absolute atomic E-state index is 4.05. The van der Waals surface area contributed by atoms with Crippen LogP contribution in [0.25, 0.3) is 6.20 Å². The zero-order valence-electron chi connectivity index (χ0n) is 5.70. The smallest absolute Gasteiger partial charge is 0.0990 e. The van der Waals surface area contributed by atoms with E-state index in [1.54, 1.807) is 6.33 Å². The Labute approximate surface area is 54.8 Å². The van der Waals surface area contributed by atoms with Gasteiger partial charge in [-0.25, -0.2) is 4.98 Å². The van der Waals surface area contributed by atoms with E-state index < -0.39 is 0 Å². The Morgan fingerprint density at radius 1 is 1.67 bits per heavy atom. The first kappa shape index (κ1) is 6.08. The van der Waals surface area contributed by atoms with E-state index in [4.69, 9.17) is 0 Å². The van der Waals surface area contributed by atoms with E-state index in [0.717, 1.165) is 5.69 Å². The minimum atomic E-state index is 1.05. The average Bonchev–Trinajstić information content (AvgIpc) is 2.17. The fourth-order valence-corrected chi connectivity index (χ4v) is 0.694. The number of rotatable bonds is 1. The molecule has 0 amide bonds. The van der Waals surface area contributed by atoms with E-state index in [9.17, 15) is 0 Å². The van der Waals surface area contributed by atoms with Crippen molar-refractivity contribution in [1.82, 2.24) is 9.55 Å². The van der Waals surface area contributed by atoms with E-state index in [2.05, 4.69) is 4.98 Å². The van der Waals surface area contributed by atoms with Crippen LogP contribution in [0.5, 0.6) is 0 Å². The summed E-state index contributed by atoms with van der Waals surface area (Å²) in [5.41, 5.74) is 1.05. The van der Waals surface area contributed by atoms with Gasteiger partial charge in [-0.1, -0.05) is 6.08 Å². The lowest BCUT2D eigenvalue weighted by Gasteiger charge is -1.84. The van der Waals surface area contributed by atoms with Crippen molar-refractivity contribution >= 4 is 6.20 Å². The zero-order chi connectivity index (χ0) is 6.69. The first-order valence-electron chi connectivity index (χ1n) is 2.96. The van der Waals surface area contributed by atoms with E-state index in [1.807, 2.05) is 36.9 Å². The Morgan fingerprint density at radius 2 is 2.44 bits per heavy atom. The lowest BCUT2D eigenvalue weighted by molar-refractivity contribution is 1.13. The zero-order valence-corrected chi connectivity index (χ0v) is 5.70. The molecule has 0 bridgehead atoms. The highest BCUT2D eigenvalue weighted by atomic mass is 15.0. The quantitative estimate of drug-likeness (QED) is 0.554. The van der Waals surface area contributed by atoms with Gasteiger partial charge in [-0.15, -0.1) is 0 Å². The summed E-state index contributed by atoms with van der Waals surface area (Å²) in [5, 5.41) is 0. The van der Waals surface area contributed by atoms with Crippen molar-refractivity contribution in [1.29, 1.82) is 0 Å². The summed E-state index contributed by atoms with van der Waals surface area (Å²) in [6.45, 7) is 3.95. The largest absolute Gasteiger partial charge is 0.313 e. The Balaban J connectivity index is 2.85. The highest BCUT2D eigenvalue weighted by Crippen LogP contribution is 1.92. The summed E-state index contributed by atoms with van der Waals surface area (Å²) in [4.78, 5) is 4.05. The van der Waals surface area contributed by atoms with E-state index >= 15 is 0 Å². The second kappa shape index (κ2) is 2.49. The minimum Gasteiger partial charge on any atom is -0.313 e. The van der Waals surface area contributed by atoms with Crippen molar-refractivity contribution in [2.45, 2.75) is 13.8 Å². The fraction of sp³-hybridized carbons (Fsp3) is 0.286. The third-order valence-electron chi connectivity index (χ3n) is 1.05. The van der Waals surface area contributed by atoms with Crippen LogP contribution in [0.3, 0.4) is 0 Å². The van der Waals surface area contributed by atoms with Gasteiger partial charge in [0, 0.05) is 12.4 Å². The maximum atomic E-state index is 4.05. The Bertz CT molecular complexity index is 210.